The van der Waals surface area contributed by atoms with E-state index in [0.29, 0.717) is 48.1 Å². The van der Waals surface area contributed by atoms with Gasteiger partial charge >= 0.3 is 22.5 Å². The molecule has 10 rings (SSSR count). The minimum absolute atomic E-state index is 0.156. The van der Waals surface area contributed by atoms with Gasteiger partial charge in [0.15, 0.2) is 11.5 Å². The van der Waals surface area contributed by atoms with Crippen LogP contribution in [0.15, 0.2) is 54.9 Å². The van der Waals surface area contributed by atoms with E-state index in [1.807, 2.05) is 41.6 Å². The largest absolute Gasteiger partial charge is 0.504 e. The van der Waals surface area contributed by atoms with Gasteiger partial charge in [-0.15, -0.1) is 10.2 Å². The molecule has 0 radical (unpaired) electrons. The number of β-amino-alcohol motifs (C(OH)–C–C–N with tert-alkyl or cyclic N) is 1. The van der Waals surface area contributed by atoms with E-state index < -0.39 is 199 Å². The number of hydrogen-bond acceptors (Lipinski definition) is 27. The van der Waals surface area contributed by atoms with Gasteiger partial charge in [0.05, 0.1) is 55.3 Å². The number of aromatic hydroxyl groups is 1. The van der Waals surface area contributed by atoms with E-state index in [1.165, 1.54) is 37.5 Å². The molecule has 7 heterocycles. The van der Waals surface area contributed by atoms with E-state index in [1.54, 1.807) is 20.8 Å². The molecule has 5 aliphatic heterocycles. The monoisotopic (exact) mass is 1520 g/mol. The van der Waals surface area contributed by atoms with E-state index in [4.69, 9.17) is 19.4 Å². The van der Waals surface area contributed by atoms with Crippen LogP contribution in [0.2, 0.25) is 0 Å². The number of nitrogens with zero attached hydrogens (tertiary/aromatic N) is 9. The Balaban J connectivity index is 0.888. The van der Waals surface area contributed by atoms with Crippen molar-refractivity contribution in [1.82, 2.24) is 56.1 Å². The SMILES string of the molecule is C[C@@H](O)[C@@H]1NC(=O)C(N(CC2CCN(c3nnc(-c4ccc(-c5cnc(N6CCC(OC7CCCCC7)CC6)nc5)cc4)s3)CC2)C(=O)OC(C)(C)C)C[C@@H](O)CNC(=O)[C@@H]2[C@@H](O)[C@@H](C)CN2C(=O)[C@H]([C@H](O)CC(=O)O)NC(=O)[C@H]([C@H](O)Cc2ccc(O)c(OS(=O)(=O)O)c2)NC(=O)[C@@H]2C[C@@H](O)CN2C1=O. The molecule has 6 aliphatic rings. The van der Waals surface area contributed by atoms with Crippen molar-refractivity contribution in [3.63, 3.8) is 0 Å². The number of aliphatic carboxylic acids is 1. The predicted octanol–water partition coefficient (Wildman–Crippen LogP) is 0.0143. The highest BCUT2D eigenvalue weighted by Crippen LogP contribution is 2.36. The van der Waals surface area contributed by atoms with Gasteiger partial charge < -0.3 is 95.4 Å². The molecule has 37 heteroatoms. The Morgan fingerprint density at radius 2 is 1.34 bits per heavy atom. The summed E-state index contributed by atoms with van der Waals surface area (Å²) in [6, 6.07) is -1.63. The lowest BCUT2D eigenvalue weighted by molar-refractivity contribution is -0.149. The number of hydrogen-bond donors (Lipinski definition) is 13. The lowest BCUT2D eigenvalue weighted by atomic mass is 9.95. The highest BCUT2D eigenvalue weighted by molar-refractivity contribution is 7.81. The summed E-state index contributed by atoms with van der Waals surface area (Å²) >= 11 is 1.38. The van der Waals surface area contributed by atoms with E-state index >= 15 is 4.79 Å². The topological polar surface area (TPSA) is 496 Å². The van der Waals surface area contributed by atoms with Crippen LogP contribution < -0.4 is 35.3 Å². The minimum Gasteiger partial charge on any atom is -0.504 e. The Kier molecular flexibility index (Phi) is 26.1. The van der Waals surface area contributed by atoms with Crippen molar-refractivity contribution in [3.8, 4) is 33.2 Å². The molecule has 13 atom stereocenters. The first-order valence-electron chi connectivity index (χ1n) is 35.7. The first kappa shape index (κ1) is 80.0. The van der Waals surface area contributed by atoms with Gasteiger partial charge in [-0.3, -0.25) is 43.0 Å². The lowest BCUT2D eigenvalue weighted by Gasteiger charge is -2.39. The molecule has 0 spiro atoms. The van der Waals surface area contributed by atoms with Crippen LogP contribution in [0.5, 0.6) is 11.5 Å². The van der Waals surface area contributed by atoms with Crippen LogP contribution in [-0.2, 0) is 59.9 Å². The third kappa shape index (κ3) is 20.4. The summed E-state index contributed by atoms with van der Waals surface area (Å²) in [5.74, 6) is -11.8. The fourth-order valence-electron chi connectivity index (χ4n) is 14.4. The van der Waals surface area contributed by atoms with Gasteiger partial charge in [0.2, 0.25) is 46.5 Å². The quantitative estimate of drug-likeness (QED) is 0.0584. The van der Waals surface area contributed by atoms with Crippen LogP contribution in [0.25, 0.3) is 21.7 Å². The van der Waals surface area contributed by atoms with Gasteiger partial charge in [-0.25, -0.2) is 14.8 Å². The van der Waals surface area contributed by atoms with E-state index in [9.17, 15) is 87.4 Å². The number of aliphatic hydroxyl groups excluding tert-OH is 6. The molecule has 0 bridgehead atoms. The number of anilines is 2. The molecule has 106 heavy (non-hydrogen) atoms. The maximum Gasteiger partial charge on any atom is 0.446 e. The summed E-state index contributed by atoms with van der Waals surface area (Å²) in [6.45, 7) is 7.60. The van der Waals surface area contributed by atoms with Crippen molar-refractivity contribution in [2.24, 2.45) is 11.8 Å². The van der Waals surface area contributed by atoms with Crippen molar-refractivity contribution in [1.29, 1.82) is 0 Å². The van der Waals surface area contributed by atoms with E-state index in [-0.39, 0.29) is 24.1 Å². The fraction of sp³-hybridized carbons (Fsp3) is 0.623. The molecule has 6 fully saturated rings. The number of aliphatic hydroxyl groups is 6. The van der Waals surface area contributed by atoms with Gasteiger partial charge in [-0.05, 0) is 95.4 Å². The number of phenols is 1. The maximum absolute atomic E-state index is 15.3. The van der Waals surface area contributed by atoms with Crippen LogP contribution in [0, 0.1) is 11.8 Å². The number of fused-ring (bicyclic) bond motifs is 2. The second kappa shape index (κ2) is 34.6. The Morgan fingerprint density at radius 3 is 1.98 bits per heavy atom. The molecule has 35 nitrogen and oxygen atoms in total. The first-order chi connectivity index (χ1) is 50.2. The average Bonchev–Trinajstić information content (AvgIpc) is 1.60. The third-order valence-electron chi connectivity index (χ3n) is 20.0. The number of piperidine rings is 2. The summed E-state index contributed by atoms with van der Waals surface area (Å²) in [4.78, 5) is 132. The van der Waals surface area contributed by atoms with Crippen molar-refractivity contribution < 1.29 is 106 Å². The van der Waals surface area contributed by atoms with E-state index in [2.05, 4.69) is 40.5 Å². The normalized spacial score (nSPS) is 26.5. The number of ether oxygens (including phenoxy) is 2. The molecule has 1 saturated carbocycles. The number of aromatic nitrogens is 4. The number of phenolic OH excluding ortho intramolecular Hbond substituents is 1. The van der Waals surface area contributed by atoms with Gasteiger partial charge in [0.1, 0.15) is 46.9 Å². The molecule has 1 unspecified atom stereocenters. The first-order valence-corrected chi connectivity index (χ1v) is 37.9. The third-order valence-corrected chi connectivity index (χ3v) is 21.4. The zero-order chi connectivity index (χ0) is 76.6. The molecule has 2 aromatic carbocycles. The van der Waals surface area contributed by atoms with Crippen LogP contribution in [-0.4, -0.2) is 279 Å². The minimum atomic E-state index is -5.27. The molecule has 4 aromatic rings. The second-order valence-corrected chi connectivity index (χ2v) is 31.3. The van der Waals surface area contributed by atoms with Gasteiger partial charge in [0, 0.05) is 101 Å². The predicted molar refractivity (Wildman–Crippen MR) is 377 cm³/mol. The summed E-state index contributed by atoms with van der Waals surface area (Å²) in [5, 5.41) is 109. The maximum atomic E-state index is 15.3. The average molecular weight is 1520 g/mol. The van der Waals surface area contributed by atoms with Gasteiger partial charge in [0.25, 0.3) is 0 Å². The van der Waals surface area contributed by atoms with Crippen LogP contribution in [0.3, 0.4) is 0 Å². The smallest absolute Gasteiger partial charge is 0.446 e. The highest BCUT2D eigenvalue weighted by Gasteiger charge is 2.51. The van der Waals surface area contributed by atoms with E-state index in [0.717, 1.165) is 95.3 Å². The zero-order valence-electron chi connectivity index (χ0n) is 59.5. The van der Waals surface area contributed by atoms with Crippen molar-refractivity contribution in [2.45, 2.75) is 209 Å². The molecule has 5 saturated heterocycles. The number of nitrogens with one attached hydrogen (secondary N) is 4. The molecular formula is C69H95N13O22S2. The number of amides is 7. The molecule has 7 amide bonds. The summed E-state index contributed by atoms with van der Waals surface area (Å²) in [5.41, 5.74) is 1.22. The molecule has 13 N–H and O–H groups in total. The summed E-state index contributed by atoms with van der Waals surface area (Å²) in [6.07, 6.45) is -2.86. The second-order valence-electron chi connectivity index (χ2n) is 29.3. The molecule has 580 valence electrons. The van der Waals surface area contributed by atoms with Crippen molar-refractivity contribution >= 4 is 80.3 Å². The highest BCUT2D eigenvalue weighted by atomic mass is 32.3. The number of carbonyl (C=O) groups excluding carboxylic acids is 7. The molecular weight excluding hydrogens is 1430 g/mol. The lowest BCUT2D eigenvalue weighted by Crippen LogP contribution is -2.64. The van der Waals surface area contributed by atoms with Crippen LogP contribution in [0.1, 0.15) is 117 Å². The molecule has 1 aliphatic carbocycles. The fourth-order valence-corrected chi connectivity index (χ4v) is 15.6. The Labute approximate surface area is 615 Å². The number of benzene rings is 2. The number of carboxylic acid groups (broad SMARTS) is 1. The number of carboxylic acids is 1. The van der Waals surface area contributed by atoms with Crippen molar-refractivity contribution in [2.75, 3.05) is 62.2 Å². The number of rotatable bonds is 18. The Morgan fingerprint density at radius 1 is 0.717 bits per heavy atom. The zero-order valence-corrected chi connectivity index (χ0v) is 61.1. The Hall–Kier alpha value is -8.53. The summed E-state index contributed by atoms with van der Waals surface area (Å²) < 4.78 is 49.4. The molecule has 2 aromatic heterocycles. The van der Waals surface area contributed by atoms with Gasteiger partial charge in [-0.2, -0.15) is 8.42 Å². The Bertz CT molecular complexity index is 3890. The van der Waals surface area contributed by atoms with Crippen LogP contribution in [0.4, 0.5) is 15.9 Å². The number of carbonyl (C=O) groups is 8. The standard InChI is InChI=1S/C69H95N13O22S2/c1-36-33-82-57(58(36)91)62(95)70-32-43(84)27-48(60(93)73-54(37(2)83)64(96)80-35-44(85)28-47(80)59(92)74-55(61(94)75-56(65(82)97)51(88)29-53(89)90)50(87)25-39-11-16-49(86)52(26-39)104-106(99,100)101)81(68(98)103-69(3,4)5)34-38-17-21-79(22-18-38)67-77-76-63(105-67)41-14-12-40(13-15-41)42-30-71-66(72-31-42)78-23-19-46(20-24-78)102-45-9-7-6-8-10-45/h11-16,26,30-31,36-38,43-48,50-51,54-58,83-88,91H,6-10,17-25,27-29,32-35H2,1-5H3,(H,70,95)(H,73,93)(H,74,92)(H,75,94)(H,89,90)(H,99,100,101)/t36-,37+,43+,44+,47-,48?,50+,51+,54-,55-,56-,57-,58-/m0/s1. The summed E-state index contributed by atoms with van der Waals surface area (Å²) in [7, 11) is -5.27. The van der Waals surface area contributed by atoms with Crippen molar-refractivity contribution in [3.05, 3.63) is 60.4 Å². The van der Waals surface area contributed by atoms with Crippen LogP contribution >= 0.6 is 11.3 Å². The van der Waals surface area contributed by atoms with Gasteiger partial charge in [-0.1, -0.05) is 67.9 Å².